The van der Waals surface area contributed by atoms with Gasteiger partial charge in [0.05, 0.1) is 36.4 Å². The van der Waals surface area contributed by atoms with Crippen LogP contribution in [0.1, 0.15) is 40.0 Å². The van der Waals surface area contributed by atoms with Crippen LogP contribution in [-0.4, -0.2) is 105 Å². The highest BCUT2D eigenvalue weighted by atomic mass is 35.5. The zero-order chi connectivity index (χ0) is 29.4. The summed E-state index contributed by atoms with van der Waals surface area (Å²) in [5.41, 5.74) is 6.91. The molecule has 0 bridgehead atoms. The minimum absolute atomic E-state index is 0.0724. The summed E-state index contributed by atoms with van der Waals surface area (Å²) in [5.74, 6) is -0.834. The minimum atomic E-state index is -0.409. The zero-order valence-corrected chi connectivity index (χ0v) is 24.1. The number of halogens is 1. The third-order valence-electron chi connectivity index (χ3n) is 7.28. The molecule has 2 aliphatic rings. The Kier molecular flexibility index (Phi) is 10.7. The molecule has 0 radical (unpaired) electrons. The molecule has 4 rings (SSSR count). The van der Waals surface area contributed by atoms with Gasteiger partial charge in [-0.25, -0.2) is 4.79 Å². The van der Waals surface area contributed by atoms with Gasteiger partial charge in [0, 0.05) is 32.4 Å². The maximum atomic E-state index is 13.0. The maximum Gasteiger partial charge on any atom is 0.338 e. The molecular weight excluding hydrogens is 552 g/mol. The first-order valence-corrected chi connectivity index (χ1v) is 14.0. The average molecular weight is 589 g/mol. The van der Waals surface area contributed by atoms with Crippen LogP contribution in [0.15, 0.2) is 30.3 Å². The lowest BCUT2D eigenvalue weighted by molar-refractivity contribution is -0.118. The first kappa shape index (κ1) is 30.5. The summed E-state index contributed by atoms with van der Waals surface area (Å²) < 4.78 is 16.2. The highest BCUT2D eigenvalue weighted by Crippen LogP contribution is 2.25. The van der Waals surface area contributed by atoms with Crippen LogP contribution >= 0.6 is 11.6 Å². The van der Waals surface area contributed by atoms with Gasteiger partial charge in [-0.2, -0.15) is 4.98 Å². The Hall–Kier alpha value is -3.45. The lowest BCUT2D eigenvalue weighted by atomic mass is 10.0. The predicted molar refractivity (Wildman–Crippen MR) is 154 cm³/mol. The van der Waals surface area contributed by atoms with Crippen LogP contribution in [0.5, 0.6) is 5.88 Å². The standard InChI is InChI=1S/C28H37ClN6O6/c1-39-23-16-35(12-9-22(23)32-26(37)20-15-21(29)25(30)33-27(20)40-2)17-24(36)31-19-7-5-18(6-8-19)28(38)41-14-13-34-10-3-4-11-34/h5-8,15,22-23H,3-4,9-14,16-17H2,1-2H3,(H2,30,33)(H,31,36)(H,32,37)/t22-,23+/m0/s1. The number of anilines is 2. The second-order valence-corrected chi connectivity index (χ2v) is 10.5. The molecule has 222 valence electrons. The number of amides is 2. The van der Waals surface area contributed by atoms with Gasteiger partial charge in [0.2, 0.25) is 11.8 Å². The lowest BCUT2D eigenvalue weighted by Gasteiger charge is -2.37. The molecule has 3 heterocycles. The van der Waals surface area contributed by atoms with Gasteiger partial charge in [-0.15, -0.1) is 0 Å². The Morgan fingerprint density at radius 1 is 1.10 bits per heavy atom. The van der Waals surface area contributed by atoms with Crippen LogP contribution in [0.4, 0.5) is 11.5 Å². The molecule has 13 heteroatoms. The number of nitrogens with zero attached hydrogens (tertiary/aromatic N) is 3. The van der Waals surface area contributed by atoms with Crippen LogP contribution in [-0.2, 0) is 14.3 Å². The Labute approximate surface area is 244 Å². The number of hydrogen-bond acceptors (Lipinski definition) is 10. The van der Waals surface area contributed by atoms with Gasteiger partial charge in [-0.05, 0) is 62.7 Å². The second-order valence-electron chi connectivity index (χ2n) is 10.1. The van der Waals surface area contributed by atoms with Gasteiger partial charge in [-0.1, -0.05) is 11.6 Å². The average Bonchev–Trinajstić information content (AvgIpc) is 3.48. The normalized spacial score (nSPS) is 19.5. The number of rotatable bonds is 11. The number of nitrogen functional groups attached to an aromatic ring is 1. The van der Waals surface area contributed by atoms with Crippen molar-refractivity contribution in [3.63, 3.8) is 0 Å². The van der Waals surface area contributed by atoms with Crippen LogP contribution < -0.4 is 21.1 Å². The summed E-state index contributed by atoms with van der Waals surface area (Å²) in [7, 11) is 2.96. The summed E-state index contributed by atoms with van der Waals surface area (Å²) in [5, 5.41) is 5.98. The summed E-state index contributed by atoms with van der Waals surface area (Å²) in [6.45, 7) is 4.37. The van der Waals surface area contributed by atoms with E-state index in [1.165, 1.54) is 26.0 Å². The van der Waals surface area contributed by atoms with Gasteiger partial charge in [0.15, 0.2) is 0 Å². The summed E-state index contributed by atoms with van der Waals surface area (Å²) in [6.07, 6.45) is 2.60. The molecule has 2 aromatic rings. The highest BCUT2D eigenvalue weighted by Gasteiger charge is 2.32. The first-order valence-electron chi connectivity index (χ1n) is 13.6. The van der Waals surface area contributed by atoms with Gasteiger partial charge >= 0.3 is 5.97 Å². The smallest absolute Gasteiger partial charge is 0.338 e. The Morgan fingerprint density at radius 3 is 2.51 bits per heavy atom. The number of carbonyl (C=O) groups excluding carboxylic acids is 3. The molecular formula is C28H37ClN6O6. The Morgan fingerprint density at radius 2 is 1.83 bits per heavy atom. The van der Waals surface area contributed by atoms with Crippen molar-refractivity contribution in [3.8, 4) is 5.88 Å². The van der Waals surface area contributed by atoms with E-state index in [0.29, 0.717) is 37.4 Å². The number of methoxy groups -OCH3 is 2. The summed E-state index contributed by atoms with van der Waals surface area (Å²) in [6, 6.07) is 7.77. The van der Waals surface area contributed by atoms with E-state index in [0.717, 1.165) is 19.6 Å². The molecule has 41 heavy (non-hydrogen) atoms. The number of nitrogens with two attached hydrogens (primary N) is 1. The fraction of sp³-hybridized carbons (Fsp3) is 0.500. The number of piperidine rings is 1. The largest absolute Gasteiger partial charge is 0.480 e. The molecule has 2 saturated heterocycles. The first-order chi connectivity index (χ1) is 19.8. The SMILES string of the molecule is COc1nc(N)c(Cl)cc1C(=O)N[C@H]1CCN(CC(=O)Nc2ccc(C(=O)OCCN3CCCC3)cc2)C[C@H]1OC. The summed E-state index contributed by atoms with van der Waals surface area (Å²) in [4.78, 5) is 46.3. The number of aromatic nitrogens is 1. The molecule has 0 aliphatic carbocycles. The third-order valence-corrected chi connectivity index (χ3v) is 7.58. The highest BCUT2D eigenvalue weighted by molar-refractivity contribution is 6.33. The van der Waals surface area contributed by atoms with Crippen molar-refractivity contribution in [2.45, 2.75) is 31.4 Å². The Balaban J connectivity index is 1.23. The molecule has 2 aliphatic heterocycles. The monoisotopic (exact) mass is 588 g/mol. The fourth-order valence-corrected chi connectivity index (χ4v) is 5.18. The van der Waals surface area contributed by atoms with E-state index in [1.54, 1.807) is 31.4 Å². The van der Waals surface area contributed by atoms with E-state index in [1.807, 2.05) is 4.90 Å². The van der Waals surface area contributed by atoms with E-state index in [2.05, 4.69) is 20.5 Å². The topological polar surface area (TPSA) is 148 Å². The fourth-order valence-electron chi connectivity index (χ4n) is 5.03. The molecule has 2 amide bonds. The van der Waals surface area contributed by atoms with Gasteiger partial charge in [0.1, 0.15) is 18.0 Å². The quantitative estimate of drug-likeness (QED) is 0.333. The van der Waals surface area contributed by atoms with Crippen molar-refractivity contribution in [3.05, 3.63) is 46.5 Å². The number of esters is 1. The van der Waals surface area contributed by atoms with Gasteiger partial charge in [-0.3, -0.25) is 19.4 Å². The van der Waals surface area contributed by atoms with Crippen LogP contribution in [0.3, 0.4) is 0 Å². The second kappa shape index (κ2) is 14.4. The van der Waals surface area contributed by atoms with E-state index in [9.17, 15) is 14.4 Å². The van der Waals surface area contributed by atoms with E-state index in [-0.39, 0.29) is 52.9 Å². The zero-order valence-electron chi connectivity index (χ0n) is 23.4. The van der Waals surface area contributed by atoms with Crippen molar-refractivity contribution in [2.24, 2.45) is 0 Å². The van der Waals surface area contributed by atoms with E-state index >= 15 is 0 Å². The summed E-state index contributed by atoms with van der Waals surface area (Å²) >= 11 is 6.06. The van der Waals surface area contributed by atoms with Crippen molar-refractivity contribution < 1.29 is 28.6 Å². The molecule has 1 aromatic heterocycles. The molecule has 2 fully saturated rings. The molecule has 2 atom stereocenters. The van der Waals surface area contributed by atoms with Crippen LogP contribution in [0.25, 0.3) is 0 Å². The van der Waals surface area contributed by atoms with Gasteiger partial charge in [0.25, 0.3) is 5.91 Å². The third kappa shape index (κ3) is 8.29. The number of hydrogen-bond donors (Lipinski definition) is 3. The minimum Gasteiger partial charge on any atom is -0.480 e. The maximum absolute atomic E-state index is 13.0. The number of nitrogens with one attached hydrogen (secondary N) is 2. The van der Waals surface area contributed by atoms with Crippen molar-refractivity contribution in [2.75, 3.05) is 71.1 Å². The van der Waals surface area contributed by atoms with Crippen molar-refractivity contribution in [1.82, 2.24) is 20.1 Å². The van der Waals surface area contributed by atoms with Crippen LogP contribution in [0, 0.1) is 0 Å². The molecule has 12 nitrogen and oxygen atoms in total. The Bertz CT molecular complexity index is 1220. The van der Waals surface area contributed by atoms with Crippen molar-refractivity contribution >= 4 is 40.9 Å². The molecule has 1 aromatic carbocycles. The predicted octanol–water partition coefficient (Wildman–Crippen LogP) is 2.04. The van der Waals surface area contributed by atoms with Gasteiger partial charge < -0.3 is 30.6 Å². The molecule has 4 N–H and O–H groups in total. The number of likely N-dealkylation sites (tertiary alicyclic amines) is 2. The lowest BCUT2D eigenvalue weighted by Crippen LogP contribution is -2.55. The van der Waals surface area contributed by atoms with E-state index < -0.39 is 5.91 Å². The number of carbonyl (C=O) groups is 3. The van der Waals surface area contributed by atoms with E-state index in [4.69, 9.17) is 31.5 Å². The molecule has 0 spiro atoms. The number of ether oxygens (including phenoxy) is 3. The molecule has 0 unspecified atom stereocenters. The number of benzene rings is 1. The van der Waals surface area contributed by atoms with Crippen molar-refractivity contribution in [1.29, 1.82) is 0 Å². The number of pyridine rings is 1. The molecule has 0 saturated carbocycles. The van der Waals surface area contributed by atoms with Crippen LogP contribution in [0.2, 0.25) is 5.02 Å².